The van der Waals surface area contributed by atoms with Gasteiger partial charge in [-0.15, -0.1) is 0 Å². The number of nitrogens with zero attached hydrogens (tertiary/aromatic N) is 6. The van der Waals surface area contributed by atoms with Crippen LogP contribution in [0.15, 0.2) is 64.1 Å². The lowest BCUT2D eigenvalue weighted by Gasteiger charge is -2.53. The van der Waals surface area contributed by atoms with Gasteiger partial charge in [-0.25, -0.2) is 4.39 Å². The number of nitrogens with one attached hydrogen (secondary N) is 1. The van der Waals surface area contributed by atoms with Gasteiger partial charge in [0.05, 0.1) is 28.9 Å². The zero-order valence-corrected chi connectivity index (χ0v) is 31.1. The Morgan fingerprint density at radius 3 is 2.49 bits per heavy atom. The minimum absolute atomic E-state index is 0.114. The minimum Gasteiger partial charge on any atom is -0.361 e. The standard InChI is InChI=1S/C43H42FN7O4/c1-24-4-5-28(40-25(2)48-55-26(40)3)17-38(24)51(31-8-6-30(7-9-31)43(23-45)12-13-43)33-21-49(22-33)32-14-27(15-32)19-46-36-18-34-29(16-35(36)44)20-50(42(34)54)37-10-11-39(52)47-41(37)53/h4-9,16-19,27,32-33,37H,10-15,20-22H2,1-3H3,(H,47,52,53)/b46-19+. The van der Waals surface area contributed by atoms with E-state index in [2.05, 4.69) is 80.7 Å². The van der Waals surface area contributed by atoms with Crippen LogP contribution in [0.4, 0.5) is 21.5 Å². The molecule has 5 aliphatic rings. The molecule has 3 aliphatic heterocycles. The topological polar surface area (TPSA) is 135 Å². The van der Waals surface area contributed by atoms with Crippen LogP contribution in [0.1, 0.15) is 77.0 Å². The first-order chi connectivity index (χ1) is 26.5. The van der Waals surface area contributed by atoms with Gasteiger partial charge in [-0.05, 0) is 111 Å². The van der Waals surface area contributed by atoms with Crippen LogP contribution in [0.5, 0.6) is 0 Å². The van der Waals surface area contributed by atoms with Crippen molar-refractivity contribution in [2.45, 2.75) is 89.4 Å². The van der Waals surface area contributed by atoms with Gasteiger partial charge in [0.2, 0.25) is 11.8 Å². The van der Waals surface area contributed by atoms with Crippen molar-refractivity contribution in [3.63, 3.8) is 0 Å². The third kappa shape index (κ3) is 6.11. The number of amides is 3. The molecule has 2 aliphatic carbocycles. The molecule has 3 amide bonds. The number of hydrogen-bond donors (Lipinski definition) is 1. The van der Waals surface area contributed by atoms with Crippen molar-refractivity contribution in [2.24, 2.45) is 10.9 Å². The van der Waals surface area contributed by atoms with E-state index in [1.54, 1.807) is 6.21 Å². The number of anilines is 2. The first-order valence-corrected chi connectivity index (χ1v) is 19.1. The number of piperidine rings is 1. The van der Waals surface area contributed by atoms with Crippen molar-refractivity contribution in [1.82, 2.24) is 20.3 Å². The number of aromatic nitrogens is 1. The van der Waals surface area contributed by atoms with Crippen LogP contribution in [0.3, 0.4) is 0 Å². The molecule has 55 heavy (non-hydrogen) atoms. The second-order valence-corrected chi connectivity index (χ2v) is 15.9. The number of benzene rings is 3. The number of nitriles is 1. The molecule has 1 aromatic heterocycles. The van der Waals surface area contributed by atoms with Gasteiger partial charge in [0.1, 0.15) is 17.6 Å². The fourth-order valence-corrected chi connectivity index (χ4v) is 8.86. The predicted molar refractivity (Wildman–Crippen MR) is 204 cm³/mol. The smallest absolute Gasteiger partial charge is 0.255 e. The van der Waals surface area contributed by atoms with E-state index in [9.17, 15) is 19.6 Å². The van der Waals surface area contributed by atoms with Gasteiger partial charge >= 0.3 is 0 Å². The van der Waals surface area contributed by atoms with E-state index >= 15 is 4.39 Å². The van der Waals surface area contributed by atoms with Crippen molar-refractivity contribution in [1.29, 1.82) is 5.26 Å². The normalized spacial score (nSPS) is 23.3. The molecular weight excluding hydrogens is 698 g/mol. The Labute approximate surface area is 318 Å². The maximum atomic E-state index is 15.2. The zero-order valence-electron chi connectivity index (χ0n) is 31.1. The van der Waals surface area contributed by atoms with Gasteiger partial charge in [-0.3, -0.25) is 29.6 Å². The molecule has 4 aromatic rings. The van der Waals surface area contributed by atoms with E-state index in [1.807, 2.05) is 13.8 Å². The highest BCUT2D eigenvalue weighted by Crippen LogP contribution is 2.48. The van der Waals surface area contributed by atoms with Gasteiger partial charge in [-0.2, -0.15) is 5.26 Å². The Hall–Kier alpha value is -5.67. The average molecular weight is 740 g/mol. The number of aliphatic imine (C=N–C) groups is 1. The lowest BCUT2D eigenvalue weighted by atomic mass is 9.78. The van der Waals surface area contributed by atoms with Crippen LogP contribution in [-0.4, -0.2) is 70.1 Å². The van der Waals surface area contributed by atoms with E-state index < -0.39 is 17.8 Å². The van der Waals surface area contributed by atoms with Crippen LogP contribution in [0, 0.1) is 43.8 Å². The highest BCUT2D eigenvalue weighted by Gasteiger charge is 2.46. The summed E-state index contributed by atoms with van der Waals surface area (Å²) < 4.78 is 20.7. The number of carbonyl (C=O) groups is 3. The minimum atomic E-state index is -0.750. The maximum absolute atomic E-state index is 15.2. The number of hydrogen-bond acceptors (Lipinski definition) is 9. The molecule has 9 rings (SSSR count). The molecular formula is C43H42FN7O4. The number of carbonyl (C=O) groups excluding carboxylic acids is 3. The molecule has 0 radical (unpaired) electrons. The fraction of sp³-hybridized carbons (Fsp3) is 0.395. The number of fused-ring (bicyclic) bond motifs is 1. The van der Waals surface area contributed by atoms with Gasteiger partial charge in [-0.1, -0.05) is 29.4 Å². The third-order valence-corrected chi connectivity index (χ3v) is 12.4. The first kappa shape index (κ1) is 35.1. The molecule has 2 saturated carbocycles. The maximum Gasteiger partial charge on any atom is 0.255 e. The van der Waals surface area contributed by atoms with E-state index in [0.717, 1.165) is 83.9 Å². The number of likely N-dealkylation sites (tertiary alicyclic amines) is 1. The lowest BCUT2D eigenvalue weighted by Crippen LogP contribution is -2.63. The Balaban J connectivity index is 0.880. The molecule has 0 spiro atoms. The van der Waals surface area contributed by atoms with E-state index in [-0.39, 0.29) is 54.3 Å². The lowest BCUT2D eigenvalue weighted by molar-refractivity contribution is -0.136. The molecule has 1 atom stereocenters. The predicted octanol–water partition coefficient (Wildman–Crippen LogP) is 6.73. The number of rotatable bonds is 9. The Kier molecular flexibility index (Phi) is 8.46. The highest BCUT2D eigenvalue weighted by atomic mass is 19.1. The molecule has 1 unspecified atom stereocenters. The van der Waals surface area contributed by atoms with Crippen LogP contribution in [0.25, 0.3) is 11.1 Å². The number of aryl methyl sites for hydroxylation is 3. The van der Waals surface area contributed by atoms with E-state index in [1.165, 1.54) is 17.0 Å². The van der Waals surface area contributed by atoms with Crippen molar-refractivity contribution in [3.05, 3.63) is 94.1 Å². The summed E-state index contributed by atoms with van der Waals surface area (Å²) in [6.07, 6.45) is 5.86. The highest BCUT2D eigenvalue weighted by molar-refractivity contribution is 6.05. The third-order valence-electron chi connectivity index (χ3n) is 12.4. The number of imide groups is 1. The summed E-state index contributed by atoms with van der Waals surface area (Å²) in [6, 6.07) is 20.3. The van der Waals surface area contributed by atoms with E-state index in [4.69, 9.17) is 4.52 Å². The Bertz CT molecular complexity index is 2290. The molecule has 280 valence electrons. The zero-order chi connectivity index (χ0) is 38.2. The number of halogens is 1. The molecule has 11 nitrogen and oxygen atoms in total. The van der Waals surface area contributed by atoms with Crippen LogP contribution in [0.2, 0.25) is 0 Å². The average Bonchev–Trinajstić information content (AvgIpc) is 3.78. The Morgan fingerprint density at radius 2 is 1.82 bits per heavy atom. The van der Waals surface area contributed by atoms with Crippen molar-refractivity contribution < 1.29 is 23.3 Å². The summed E-state index contributed by atoms with van der Waals surface area (Å²) in [5.41, 5.74) is 8.04. The summed E-state index contributed by atoms with van der Waals surface area (Å²) in [7, 11) is 0. The van der Waals surface area contributed by atoms with Crippen molar-refractivity contribution in [3.8, 4) is 17.2 Å². The monoisotopic (exact) mass is 739 g/mol. The van der Waals surface area contributed by atoms with Crippen LogP contribution >= 0.6 is 0 Å². The first-order valence-electron chi connectivity index (χ1n) is 19.1. The van der Waals surface area contributed by atoms with Gasteiger partial charge in [0, 0.05) is 60.8 Å². The molecule has 3 aromatic carbocycles. The van der Waals surface area contributed by atoms with Crippen molar-refractivity contribution in [2.75, 3.05) is 18.0 Å². The second-order valence-electron chi connectivity index (χ2n) is 15.9. The SMILES string of the molecule is Cc1ccc(-c2c(C)noc2C)cc1N(c1ccc(C2(C#N)CC2)cc1)C1CN(C2CC(/C=N/c3cc4c(cc3F)CN(C3CCC(=O)NC3=O)C4=O)C2)C1. The summed E-state index contributed by atoms with van der Waals surface area (Å²) in [6.45, 7) is 7.95. The molecule has 4 heterocycles. The summed E-state index contributed by atoms with van der Waals surface area (Å²) in [5, 5.41) is 16.3. The van der Waals surface area contributed by atoms with Crippen LogP contribution < -0.4 is 10.2 Å². The largest absolute Gasteiger partial charge is 0.361 e. The molecule has 4 fully saturated rings. The van der Waals surface area contributed by atoms with E-state index in [0.29, 0.717) is 17.2 Å². The fourth-order valence-electron chi connectivity index (χ4n) is 8.86. The quantitative estimate of drug-likeness (QED) is 0.148. The summed E-state index contributed by atoms with van der Waals surface area (Å²) >= 11 is 0. The summed E-state index contributed by atoms with van der Waals surface area (Å²) in [4.78, 5) is 48.1. The molecule has 0 bridgehead atoms. The van der Waals surface area contributed by atoms with Crippen molar-refractivity contribution >= 4 is 41.0 Å². The van der Waals surface area contributed by atoms with Gasteiger partial charge in [0.25, 0.3) is 5.91 Å². The summed E-state index contributed by atoms with van der Waals surface area (Å²) in [5.74, 6) is -0.709. The van der Waals surface area contributed by atoms with Crippen LogP contribution in [-0.2, 0) is 21.5 Å². The molecule has 2 saturated heterocycles. The second kappa shape index (κ2) is 13.3. The van der Waals surface area contributed by atoms with Gasteiger partial charge in [0.15, 0.2) is 0 Å². The molecule has 12 heteroatoms. The Morgan fingerprint density at radius 1 is 1.05 bits per heavy atom. The van der Waals surface area contributed by atoms with Gasteiger partial charge < -0.3 is 14.3 Å². The molecule has 1 N–H and O–H groups in total.